The van der Waals surface area contributed by atoms with Crippen LogP contribution in [0, 0.1) is 0 Å². The second kappa shape index (κ2) is 10.9. The van der Waals surface area contributed by atoms with E-state index in [9.17, 15) is 4.79 Å². The van der Waals surface area contributed by atoms with Crippen molar-refractivity contribution in [1.82, 2.24) is 9.80 Å². The van der Waals surface area contributed by atoms with Gasteiger partial charge in [0.1, 0.15) is 5.75 Å². The third-order valence-corrected chi connectivity index (χ3v) is 6.45. The Labute approximate surface area is 190 Å². The Morgan fingerprint density at radius 1 is 0.839 bits per heavy atom. The summed E-state index contributed by atoms with van der Waals surface area (Å²) in [6.45, 7) is 7.37. The summed E-state index contributed by atoms with van der Waals surface area (Å²) in [6.07, 6.45) is 5.06. The fourth-order valence-corrected chi connectivity index (χ4v) is 4.48. The lowest BCUT2D eigenvalue weighted by Crippen LogP contribution is -2.48. The summed E-state index contributed by atoms with van der Waals surface area (Å²) >= 11 is 5.98. The van der Waals surface area contributed by atoms with E-state index in [-0.39, 0.29) is 5.91 Å². The quantitative estimate of drug-likeness (QED) is 0.590. The van der Waals surface area contributed by atoms with Gasteiger partial charge in [0.25, 0.3) is 5.91 Å². The summed E-state index contributed by atoms with van der Waals surface area (Å²) in [4.78, 5) is 19.6. The standard InChI is InChI=1S/C25H32ClN3O2/c26-22-7-9-23(10-8-22)28-16-18-29(19-17-28)25(30)21-5-11-24(12-6-21)31-20-4-15-27-13-2-1-3-14-27/h5-12H,1-4,13-20H2. The van der Waals surface area contributed by atoms with Crippen LogP contribution >= 0.6 is 11.6 Å². The monoisotopic (exact) mass is 441 g/mol. The lowest BCUT2D eigenvalue weighted by Gasteiger charge is -2.36. The van der Waals surface area contributed by atoms with E-state index in [1.54, 1.807) is 0 Å². The van der Waals surface area contributed by atoms with Crippen LogP contribution in [0.15, 0.2) is 48.5 Å². The molecule has 2 aliphatic rings. The molecule has 0 saturated carbocycles. The number of hydrogen-bond donors (Lipinski definition) is 0. The van der Waals surface area contributed by atoms with Crippen LogP contribution in [-0.2, 0) is 0 Å². The highest BCUT2D eigenvalue weighted by Crippen LogP contribution is 2.21. The van der Waals surface area contributed by atoms with Gasteiger partial charge < -0.3 is 19.4 Å². The van der Waals surface area contributed by atoms with Crippen molar-refractivity contribution in [1.29, 1.82) is 0 Å². The van der Waals surface area contributed by atoms with Gasteiger partial charge in [0, 0.05) is 49.0 Å². The fraction of sp³-hybridized carbons (Fsp3) is 0.480. The molecule has 0 bridgehead atoms. The van der Waals surface area contributed by atoms with Gasteiger partial charge in [-0.25, -0.2) is 0 Å². The molecule has 0 unspecified atom stereocenters. The van der Waals surface area contributed by atoms with Gasteiger partial charge in [0.2, 0.25) is 0 Å². The van der Waals surface area contributed by atoms with E-state index in [4.69, 9.17) is 16.3 Å². The lowest BCUT2D eigenvalue weighted by atomic mass is 10.1. The maximum atomic E-state index is 12.9. The number of rotatable bonds is 7. The van der Waals surface area contributed by atoms with Gasteiger partial charge in [0.15, 0.2) is 0 Å². The summed E-state index contributed by atoms with van der Waals surface area (Å²) in [6, 6.07) is 15.5. The number of amides is 1. The number of anilines is 1. The van der Waals surface area contributed by atoms with E-state index in [0.29, 0.717) is 0 Å². The van der Waals surface area contributed by atoms with E-state index in [1.165, 1.54) is 32.4 Å². The van der Waals surface area contributed by atoms with Crippen LogP contribution in [0.25, 0.3) is 0 Å². The molecule has 166 valence electrons. The summed E-state index contributed by atoms with van der Waals surface area (Å²) < 4.78 is 5.88. The van der Waals surface area contributed by atoms with Gasteiger partial charge in [0.05, 0.1) is 6.61 Å². The number of carbonyl (C=O) groups excluding carboxylic acids is 1. The maximum absolute atomic E-state index is 12.9. The third kappa shape index (κ3) is 6.14. The predicted octanol–water partition coefficient (Wildman–Crippen LogP) is 4.56. The zero-order chi connectivity index (χ0) is 21.5. The molecule has 2 aromatic carbocycles. The molecule has 2 aliphatic heterocycles. The Morgan fingerprint density at radius 3 is 2.19 bits per heavy atom. The molecule has 0 N–H and O–H groups in total. The number of nitrogens with zero attached hydrogens (tertiary/aromatic N) is 3. The summed E-state index contributed by atoms with van der Waals surface area (Å²) in [7, 11) is 0. The number of carbonyl (C=O) groups is 1. The largest absolute Gasteiger partial charge is 0.494 e. The molecule has 1 amide bonds. The number of hydrogen-bond acceptors (Lipinski definition) is 4. The first-order valence-corrected chi connectivity index (χ1v) is 11.8. The summed E-state index contributed by atoms with van der Waals surface area (Å²) in [5.41, 5.74) is 1.87. The van der Waals surface area contributed by atoms with Crippen molar-refractivity contribution in [2.45, 2.75) is 25.7 Å². The SMILES string of the molecule is O=C(c1ccc(OCCCN2CCCCC2)cc1)N1CCN(c2ccc(Cl)cc2)CC1. The number of ether oxygens (including phenoxy) is 1. The molecule has 0 aromatic heterocycles. The molecule has 4 rings (SSSR count). The molecule has 5 nitrogen and oxygen atoms in total. The van der Waals surface area contributed by atoms with Gasteiger partial charge in [-0.15, -0.1) is 0 Å². The molecule has 0 radical (unpaired) electrons. The van der Waals surface area contributed by atoms with E-state index in [0.717, 1.165) is 67.8 Å². The molecule has 2 aromatic rings. The predicted molar refractivity (Wildman–Crippen MR) is 126 cm³/mol. The molecule has 0 spiro atoms. The first-order valence-electron chi connectivity index (χ1n) is 11.4. The highest BCUT2D eigenvalue weighted by Gasteiger charge is 2.22. The van der Waals surface area contributed by atoms with Gasteiger partial charge in [-0.3, -0.25) is 4.79 Å². The van der Waals surface area contributed by atoms with E-state index >= 15 is 0 Å². The second-order valence-electron chi connectivity index (χ2n) is 8.38. The zero-order valence-corrected chi connectivity index (χ0v) is 18.9. The first-order chi connectivity index (χ1) is 15.2. The van der Waals surface area contributed by atoms with Crippen LogP contribution < -0.4 is 9.64 Å². The second-order valence-corrected chi connectivity index (χ2v) is 8.82. The van der Waals surface area contributed by atoms with Crippen molar-refractivity contribution in [3.63, 3.8) is 0 Å². The first kappa shape index (κ1) is 22.0. The van der Waals surface area contributed by atoms with Gasteiger partial charge >= 0.3 is 0 Å². The molecule has 2 heterocycles. The highest BCUT2D eigenvalue weighted by molar-refractivity contribution is 6.30. The van der Waals surface area contributed by atoms with Gasteiger partial charge in [-0.1, -0.05) is 18.0 Å². The number of benzene rings is 2. The average molecular weight is 442 g/mol. The molecule has 0 atom stereocenters. The molecular formula is C25H32ClN3O2. The Hall–Kier alpha value is -2.24. The summed E-state index contributed by atoms with van der Waals surface area (Å²) in [5, 5.41) is 0.743. The minimum absolute atomic E-state index is 0.0902. The van der Waals surface area contributed by atoms with Crippen molar-refractivity contribution in [3.8, 4) is 5.75 Å². The normalized spacial score (nSPS) is 17.6. The third-order valence-electron chi connectivity index (χ3n) is 6.20. The minimum atomic E-state index is 0.0902. The highest BCUT2D eigenvalue weighted by atomic mass is 35.5. The minimum Gasteiger partial charge on any atom is -0.494 e. The lowest BCUT2D eigenvalue weighted by molar-refractivity contribution is 0.0746. The van der Waals surface area contributed by atoms with Crippen LogP contribution in [0.5, 0.6) is 5.75 Å². The smallest absolute Gasteiger partial charge is 0.253 e. The Kier molecular flexibility index (Phi) is 7.71. The summed E-state index contributed by atoms with van der Waals surface area (Å²) in [5.74, 6) is 0.926. The molecule has 31 heavy (non-hydrogen) atoms. The van der Waals surface area contributed by atoms with Crippen molar-refractivity contribution >= 4 is 23.2 Å². The average Bonchev–Trinajstić information content (AvgIpc) is 2.83. The topological polar surface area (TPSA) is 36.0 Å². The van der Waals surface area contributed by atoms with Crippen molar-refractivity contribution in [2.75, 3.05) is 57.3 Å². The van der Waals surface area contributed by atoms with Crippen molar-refractivity contribution < 1.29 is 9.53 Å². The van der Waals surface area contributed by atoms with Crippen LogP contribution in [0.1, 0.15) is 36.0 Å². The molecular weight excluding hydrogens is 410 g/mol. The van der Waals surface area contributed by atoms with E-state index in [2.05, 4.69) is 9.80 Å². The van der Waals surface area contributed by atoms with Crippen LogP contribution in [-0.4, -0.2) is 68.1 Å². The Balaban J connectivity index is 1.20. The molecule has 6 heteroatoms. The van der Waals surface area contributed by atoms with Crippen molar-refractivity contribution in [3.05, 3.63) is 59.1 Å². The fourth-order valence-electron chi connectivity index (χ4n) is 4.36. The number of piperidine rings is 1. The number of piperazine rings is 1. The van der Waals surface area contributed by atoms with Crippen molar-refractivity contribution in [2.24, 2.45) is 0 Å². The molecule has 2 saturated heterocycles. The van der Waals surface area contributed by atoms with Crippen LogP contribution in [0.4, 0.5) is 5.69 Å². The molecule has 2 fully saturated rings. The number of likely N-dealkylation sites (tertiary alicyclic amines) is 1. The Bertz CT molecular complexity index is 827. The zero-order valence-electron chi connectivity index (χ0n) is 18.1. The number of halogens is 1. The van der Waals surface area contributed by atoms with Gasteiger partial charge in [-0.2, -0.15) is 0 Å². The Morgan fingerprint density at radius 2 is 1.52 bits per heavy atom. The van der Waals surface area contributed by atoms with Crippen LogP contribution in [0.3, 0.4) is 0 Å². The van der Waals surface area contributed by atoms with Crippen LogP contribution in [0.2, 0.25) is 5.02 Å². The maximum Gasteiger partial charge on any atom is 0.253 e. The van der Waals surface area contributed by atoms with E-state index in [1.807, 2.05) is 53.4 Å². The van der Waals surface area contributed by atoms with E-state index < -0.39 is 0 Å². The molecule has 0 aliphatic carbocycles. The van der Waals surface area contributed by atoms with Gasteiger partial charge in [-0.05, 0) is 80.9 Å².